The van der Waals surface area contributed by atoms with Gasteiger partial charge in [0.05, 0.1) is 5.25 Å². The van der Waals surface area contributed by atoms with Crippen molar-refractivity contribution in [3.8, 4) is 0 Å². The summed E-state index contributed by atoms with van der Waals surface area (Å²) in [6.07, 6.45) is 0.471. The lowest BCUT2D eigenvalue weighted by Gasteiger charge is -2.17. The monoisotopic (exact) mass is 496 g/mol. The standard InChI is InChI=1S/C21H25IN2O2S/c1-14(20(26)24-17-7-5-15(22)6-8-17)27-18-11-9-16(10-12-18)23-19(25)13-21(2,3)4/h5-12,14H,13H2,1-4H3,(H,23,25)(H,24,26). The van der Waals surface area contributed by atoms with Crippen molar-refractivity contribution in [3.63, 3.8) is 0 Å². The number of carbonyl (C=O) groups is 2. The molecule has 0 fully saturated rings. The average Bonchev–Trinajstić information content (AvgIpc) is 2.57. The van der Waals surface area contributed by atoms with Crippen LogP contribution in [0.15, 0.2) is 53.4 Å². The molecule has 2 amide bonds. The minimum Gasteiger partial charge on any atom is -0.326 e. The number of anilines is 2. The van der Waals surface area contributed by atoms with Crippen LogP contribution in [0.25, 0.3) is 0 Å². The molecule has 0 aliphatic carbocycles. The molecule has 0 radical (unpaired) electrons. The first-order chi connectivity index (χ1) is 12.6. The van der Waals surface area contributed by atoms with Gasteiger partial charge in [-0.05, 0) is 83.5 Å². The van der Waals surface area contributed by atoms with Crippen LogP contribution in [0.1, 0.15) is 34.1 Å². The average molecular weight is 496 g/mol. The molecule has 2 N–H and O–H groups in total. The van der Waals surface area contributed by atoms with Crippen LogP contribution >= 0.6 is 34.4 Å². The second kappa shape index (κ2) is 9.59. The second-order valence-corrected chi connectivity index (χ2v) is 10.2. The third-order valence-electron chi connectivity index (χ3n) is 3.62. The van der Waals surface area contributed by atoms with Crippen LogP contribution in [0.5, 0.6) is 0 Å². The van der Waals surface area contributed by atoms with Crippen molar-refractivity contribution in [3.05, 3.63) is 52.1 Å². The Labute approximate surface area is 179 Å². The number of carbonyl (C=O) groups excluding carboxylic acids is 2. The predicted molar refractivity (Wildman–Crippen MR) is 122 cm³/mol. The van der Waals surface area contributed by atoms with Crippen molar-refractivity contribution in [2.45, 2.75) is 44.3 Å². The Balaban J connectivity index is 1.88. The third-order valence-corrected chi connectivity index (χ3v) is 5.45. The number of halogens is 1. The van der Waals surface area contributed by atoms with Gasteiger partial charge in [-0.3, -0.25) is 9.59 Å². The largest absolute Gasteiger partial charge is 0.326 e. The van der Waals surface area contributed by atoms with E-state index in [1.165, 1.54) is 11.8 Å². The quantitative estimate of drug-likeness (QED) is 0.394. The topological polar surface area (TPSA) is 58.2 Å². The normalized spacial score (nSPS) is 12.3. The first-order valence-electron chi connectivity index (χ1n) is 8.75. The Morgan fingerprint density at radius 2 is 1.48 bits per heavy atom. The van der Waals surface area contributed by atoms with E-state index < -0.39 is 0 Å². The first-order valence-corrected chi connectivity index (χ1v) is 10.7. The van der Waals surface area contributed by atoms with Gasteiger partial charge >= 0.3 is 0 Å². The maximum atomic E-state index is 12.4. The smallest absolute Gasteiger partial charge is 0.237 e. The zero-order valence-electron chi connectivity index (χ0n) is 16.0. The summed E-state index contributed by atoms with van der Waals surface area (Å²) in [5.41, 5.74) is 1.52. The Hall–Kier alpha value is -1.54. The summed E-state index contributed by atoms with van der Waals surface area (Å²) in [6.45, 7) is 7.99. The molecule has 0 aromatic heterocycles. The van der Waals surface area contributed by atoms with Crippen molar-refractivity contribution in [1.29, 1.82) is 0 Å². The molecule has 2 rings (SSSR count). The third kappa shape index (κ3) is 7.92. The molecule has 2 aromatic rings. The zero-order chi connectivity index (χ0) is 20.0. The molecule has 0 aliphatic heterocycles. The first kappa shape index (κ1) is 21.8. The van der Waals surface area contributed by atoms with Crippen molar-refractivity contribution in [2.75, 3.05) is 10.6 Å². The number of thioether (sulfide) groups is 1. The second-order valence-electron chi connectivity index (χ2n) is 7.57. The van der Waals surface area contributed by atoms with Gasteiger partial charge in [0, 0.05) is 26.3 Å². The van der Waals surface area contributed by atoms with Crippen molar-refractivity contribution < 1.29 is 9.59 Å². The van der Waals surface area contributed by atoms with Gasteiger partial charge in [-0.25, -0.2) is 0 Å². The van der Waals surface area contributed by atoms with E-state index in [9.17, 15) is 9.59 Å². The lowest BCUT2D eigenvalue weighted by atomic mass is 9.92. The number of hydrogen-bond acceptors (Lipinski definition) is 3. The van der Waals surface area contributed by atoms with Gasteiger partial charge < -0.3 is 10.6 Å². The number of hydrogen-bond donors (Lipinski definition) is 2. The molecular formula is C21H25IN2O2S. The fourth-order valence-corrected chi connectivity index (χ4v) is 3.57. The SMILES string of the molecule is CC(Sc1ccc(NC(=O)CC(C)(C)C)cc1)C(=O)Nc1ccc(I)cc1. The minimum atomic E-state index is -0.231. The van der Waals surface area contributed by atoms with Gasteiger partial charge in [-0.2, -0.15) is 0 Å². The molecule has 4 nitrogen and oxygen atoms in total. The molecule has 27 heavy (non-hydrogen) atoms. The number of benzene rings is 2. The molecule has 0 spiro atoms. The highest BCUT2D eigenvalue weighted by Crippen LogP contribution is 2.26. The van der Waals surface area contributed by atoms with Crippen molar-refractivity contribution in [1.82, 2.24) is 0 Å². The van der Waals surface area contributed by atoms with E-state index in [1.54, 1.807) is 0 Å². The molecule has 0 bridgehead atoms. The van der Waals surface area contributed by atoms with Crippen LogP contribution in [-0.4, -0.2) is 17.1 Å². The summed E-state index contributed by atoms with van der Waals surface area (Å²) in [5, 5.41) is 5.61. The van der Waals surface area contributed by atoms with Crippen LogP contribution in [0.4, 0.5) is 11.4 Å². The van der Waals surface area contributed by atoms with Gasteiger partial charge in [-0.15, -0.1) is 11.8 Å². The molecule has 0 aliphatic rings. The molecule has 2 aromatic carbocycles. The maximum absolute atomic E-state index is 12.4. The maximum Gasteiger partial charge on any atom is 0.237 e. The molecule has 1 unspecified atom stereocenters. The fraction of sp³-hybridized carbons (Fsp3) is 0.333. The van der Waals surface area contributed by atoms with Gasteiger partial charge in [-0.1, -0.05) is 20.8 Å². The molecule has 6 heteroatoms. The van der Waals surface area contributed by atoms with Gasteiger partial charge in [0.2, 0.25) is 11.8 Å². The Morgan fingerprint density at radius 3 is 2.04 bits per heavy atom. The van der Waals surface area contributed by atoms with Crippen LogP contribution in [0.3, 0.4) is 0 Å². The van der Waals surface area contributed by atoms with Crippen LogP contribution in [0, 0.1) is 8.99 Å². The van der Waals surface area contributed by atoms with Crippen LogP contribution in [0.2, 0.25) is 0 Å². The Bertz CT molecular complexity index is 783. The molecule has 1 atom stereocenters. The molecule has 144 valence electrons. The Kier molecular flexibility index (Phi) is 7.73. The highest BCUT2D eigenvalue weighted by atomic mass is 127. The molecule has 0 saturated carbocycles. The molecule has 0 heterocycles. The van der Waals surface area contributed by atoms with E-state index in [1.807, 2.05) is 76.2 Å². The summed E-state index contributed by atoms with van der Waals surface area (Å²) in [4.78, 5) is 25.3. The predicted octanol–water partition coefficient (Wildman–Crippen LogP) is 5.79. The van der Waals surface area contributed by atoms with E-state index in [4.69, 9.17) is 0 Å². The van der Waals surface area contributed by atoms with Crippen molar-refractivity contribution >= 4 is 57.5 Å². The minimum absolute atomic E-state index is 0.00757. The van der Waals surface area contributed by atoms with E-state index >= 15 is 0 Å². The molecular weight excluding hydrogens is 471 g/mol. The van der Waals surface area contributed by atoms with Crippen LogP contribution < -0.4 is 10.6 Å². The van der Waals surface area contributed by atoms with Crippen LogP contribution in [-0.2, 0) is 9.59 Å². The number of rotatable bonds is 6. The van der Waals surface area contributed by atoms with Gasteiger partial charge in [0.15, 0.2) is 0 Å². The summed E-state index contributed by atoms with van der Waals surface area (Å²) < 4.78 is 1.13. The highest BCUT2D eigenvalue weighted by Gasteiger charge is 2.17. The number of amides is 2. The van der Waals surface area contributed by atoms with E-state index in [0.717, 1.165) is 19.8 Å². The van der Waals surface area contributed by atoms with E-state index in [-0.39, 0.29) is 22.5 Å². The zero-order valence-corrected chi connectivity index (χ0v) is 19.0. The number of nitrogens with one attached hydrogen (secondary N) is 2. The van der Waals surface area contributed by atoms with E-state index in [2.05, 4.69) is 33.2 Å². The summed E-state index contributed by atoms with van der Waals surface area (Å²) in [5.74, 6) is -0.0306. The summed E-state index contributed by atoms with van der Waals surface area (Å²) in [6, 6.07) is 15.3. The van der Waals surface area contributed by atoms with Gasteiger partial charge in [0.25, 0.3) is 0 Å². The van der Waals surface area contributed by atoms with Gasteiger partial charge in [0.1, 0.15) is 0 Å². The fourth-order valence-electron chi connectivity index (χ4n) is 2.34. The van der Waals surface area contributed by atoms with E-state index in [0.29, 0.717) is 6.42 Å². The summed E-state index contributed by atoms with van der Waals surface area (Å²) in [7, 11) is 0. The summed E-state index contributed by atoms with van der Waals surface area (Å²) >= 11 is 3.72. The lowest BCUT2D eigenvalue weighted by Crippen LogP contribution is -2.22. The lowest BCUT2D eigenvalue weighted by molar-refractivity contribution is -0.118. The Morgan fingerprint density at radius 1 is 0.963 bits per heavy atom. The molecule has 0 saturated heterocycles. The van der Waals surface area contributed by atoms with Crippen molar-refractivity contribution in [2.24, 2.45) is 5.41 Å². The highest BCUT2D eigenvalue weighted by molar-refractivity contribution is 14.1.